The van der Waals surface area contributed by atoms with Gasteiger partial charge in [-0.2, -0.15) is 4.72 Å². The van der Waals surface area contributed by atoms with E-state index in [1.165, 1.54) is 32.2 Å². The van der Waals surface area contributed by atoms with Crippen LogP contribution < -0.4 is 14.8 Å². The van der Waals surface area contributed by atoms with Gasteiger partial charge < -0.3 is 10.1 Å². The van der Waals surface area contributed by atoms with Gasteiger partial charge in [0.2, 0.25) is 15.9 Å². The summed E-state index contributed by atoms with van der Waals surface area (Å²) in [5.41, 5.74) is 0.232. The molecule has 0 saturated carbocycles. The number of carbonyl (C=O) groups is 1. The van der Waals surface area contributed by atoms with Crippen molar-refractivity contribution in [1.82, 2.24) is 4.72 Å². The Morgan fingerprint density at radius 1 is 1.15 bits per heavy atom. The Morgan fingerprint density at radius 2 is 1.85 bits per heavy atom. The Labute approximate surface area is 150 Å². The van der Waals surface area contributed by atoms with Gasteiger partial charge in [0.05, 0.1) is 23.7 Å². The van der Waals surface area contributed by atoms with Crippen molar-refractivity contribution < 1.29 is 26.7 Å². The van der Waals surface area contributed by atoms with Crippen LogP contribution in [0.25, 0.3) is 0 Å². The molecule has 26 heavy (non-hydrogen) atoms. The molecule has 1 amide bonds. The first kappa shape index (κ1) is 19.8. The summed E-state index contributed by atoms with van der Waals surface area (Å²) in [6.07, 6.45) is 0. The van der Waals surface area contributed by atoms with Crippen molar-refractivity contribution in [2.45, 2.75) is 24.8 Å². The molecule has 2 N–H and O–H groups in total. The zero-order chi connectivity index (χ0) is 19.5. The molecule has 0 saturated heterocycles. The number of methoxy groups -OCH3 is 1. The summed E-state index contributed by atoms with van der Waals surface area (Å²) in [7, 11) is -2.53. The van der Waals surface area contributed by atoms with Gasteiger partial charge in [-0.3, -0.25) is 4.79 Å². The van der Waals surface area contributed by atoms with Gasteiger partial charge in [-0.25, -0.2) is 17.2 Å². The summed E-state index contributed by atoms with van der Waals surface area (Å²) in [6, 6.07) is 5.59. The third-order valence-electron chi connectivity index (χ3n) is 3.59. The first-order chi connectivity index (χ1) is 12.1. The number of amides is 1. The highest BCUT2D eigenvalue weighted by Crippen LogP contribution is 2.21. The molecule has 0 aliphatic heterocycles. The molecule has 0 heterocycles. The Balaban J connectivity index is 2.14. The van der Waals surface area contributed by atoms with E-state index in [1.807, 2.05) is 0 Å². The number of halogens is 2. The minimum absolute atomic E-state index is 0.0487. The van der Waals surface area contributed by atoms with Crippen molar-refractivity contribution in [2.75, 3.05) is 12.4 Å². The van der Waals surface area contributed by atoms with Crippen molar-refractivity contribution in [1.29, 1.82) is 0 Å². The van der Waals surface area contributed by atoms with Crippen molar-refractivity contribution in [3.05, 3.63) is 53.6 Å². The Morgan fingerprint density at radius 3 is 2.46 bits per heavy atom. The van der Waals surface area contributed by atoms with Crippen LogP contribution in [0.3, 0.4) is 0 Å². The molecule has 0 aliphatic carbocycles. The van der Waals surface area contributed by atoms with E-state index < -0.39 is 33.6 Å². The van der Waals surface area contributed by atoms with Crippen LogP contribution in [-0.2, 0) is 14.8 Å². The quantitative estimate of drug-likeness (QED) is 0.802. The van der Waals surface area contributed by atoms with Gasteiger partial charge in [0, 0.05) is 6.07 Å². The molecule has 0 fully saturated rings. The van der Waals surface area contributed by atoms with Crippen LogP contribution in [0, 0.1) is 18.6 Å². The van der Waals surface area contributed by atoms with Crippen LogP contribution >= 0.6 is 0 Å². The van der Waals surface area contributed by atoms with Gasteiger partial charge in [-0.15, -0.1) is 0 Å². The first-order valence-corrected chi connectivity index (χ1v) is 9.05. The maximum atomic E-state index is 13.6. The second-order valence-electron chi connectivity index (χ2n) is 5.59. The maximum absolute atomic E-state index is 13.6. The van der Waals surface area contributed by atoms with Crippen LogP contribution in [0.15, 0.2) is 41.3 Å². The third-order valence-corrected chi connectivity index (χ3v) is 5.13. The van der Waals surface area contributed by atoms with Crippen LogP contribution in [0.1, 0.15) is 12.5 Å². The molecule has 0 radical (unpaired) electrons. The summed E-state index contributed by atoms with van der Waals surface area (Å²) >= 11 is 0. The minimum Gasteiger partial charge on any atom is -0.496 e. The van der Waals surface area contributed by atoms with Crippen LogP contribution in [0.5, 0.6) is 5.75 Å². The van der Waals surface area contributed by atoms with E-state index in [0.29, 0.717) is 11.3 Å². The number of rotatable bonds is 6. The van der Waals surface area contributed by atoms with Gasteiger partial charge in [0.1, 0.15) is 17.4 Å². The lowest BCUT2D eigenvalue weighted by Gasteiger charge is -2.15. The van der Waals surface area contributed by atoms with Crippen molar-refractivity contribution in [2.24, 2.45) is 0 Å². The predicted octanol–water partition coefficient (Wildman–Crippen LogP) is 2.59. The molecule has 0 bridgehead atoms. The van der Waals surface area contributed by atoms with E-state index in [4.69, 9.17) is 4.74 Å². The summed E-state index contributed by atoms with van der Waals surface area (Å²) in [5.74, 6) is -1.87. The van der Waals surface area contributed by atoms with E-state index in [1.54, 1.807) is 6.92 Å². The lowest BCUT2D eigenvalue weighted by atomic mass is 10.2. The van der Waals surface area contributed by atoms with Crippen LogP contribution in [-0.4, -0.2) is 27.5 Å². The highest BCUT2D eigenvalue weighted by Gasteiger charge is 2.23. The number of hydrogen-bond donors (Lipinski definition) is 2. The fraction of sp³-hybridized carbons (Fsp3) is 0.235. The fourth-order valence-electron chi connectivity index (χ4n) is 2.21. The van der Waals surface area contributed by atoms with Gasteiger partial charge in [-0.1, -0.05) is 0 Å². The SMILES string of the molecule is COc1ccc(S(=O)(=O)N[C@@H](C)C(=O)Nc2cc(F)ccc2F)cc1C. The zero-order valence-electron chi connectivity index (χ0n) is 14.3. The molecule has 6 nitrogen and oxygen atoms in total. The average molecular weight is 384 g/mol. The van der Waals surface area contributed by atoms with E-state index in [-0.39, 0.29) is 10.6 Å². The summed E-state index contributed by atoms with van der Waals surface area (Å²) in [6.45, 7) is 2.97. The van der Waals surface area contributed by atoms with Crippen LogP contribution in [0.4, 0.5) is 14.5 Å². The number of aryl methyl sites for hydroxylation is 1. The van der Waals surface area contributed by atoms with Gasteiger partial charge in [-0.05, 0) is 49.7 Å². The average Bonchev–Trinajstić information content (AvgIpc) is 2.57. The number of carbonyl (C=O) groups excluding carboxylic acids is 1. The predicted molar refractivity (Wildman–Crippen MR) is 92.5 cm³/mol. The molecule has 1 atom stereocenters. The van der Waals surface area contributed by atoms with Crippen molar-refractivity contribution >= 4 is 21.6 Å². The van der Waals surface area contributed by atoms with E-state index in [9.17, 15) is 22.0 Å². The number of nitrogens with one attached hydrogen (secondary N) is 2. The third kappa shape index (κ3) is 4.55. The lowest BCUT2D eigenvalue weighted by molar-refractivity contribution is -0.117. The smallest absolute Gasteiger partial charge is 0.242 e. The maximum Gasteiger partial charge on any atom is 0.242 e. The lowest BCUT2D eigenvalue weighted by Crippen LogP contribution is -2.41. The molecule has 0 aliphatic rings. The van der Waals surface area contributed by atoms with E-state index in [0.717, 1.165) is 18.2 Å². The Kier molecular flexibility index (Phi) is 5.94. The van der Waals surface area contributed by atoms with Crippen molar-refractivity contribution in [3.63, 3.8) is 0 Å². The molecule has 2 aromatic carbocycles. The van der Waals surface area contributed by atoms with E-state index in [2.05, 4.69) is 10.0 Å². The summed E-state index contributed by atoms with van der Waals surface area (Å²) < 4.78 is 58.8. The molecule has 0 spiro atoms. The number of sulfonamides is 1. The molecule has 9 heteroatoms. The molecule has 2 aromatic rings. The summed E-state index contributed by atoms with van der Waals surface area (Å²) in [5, 5.41) is 2.15. The molecule has 140 valence electrons. The number of ether oxygens (including phenoxy) is 1. The molecule has 0 aromatic heterocycles. The standard InChI is InChI=1S/C17H18F2N2O4S/c1-10-8-13(5-7-16(10)25-3)26(23,24)21-11(2)17(22)20-15-9-12(18)4-6-14(15)19/h4-9,11,21H,1-3H3,(H,20,22)/t11-/m0/s1. The highest BCUT2D eigenvalue weighted by molar-refractivity contribution is 7.89. The number of benzene rings is 2. The largest absolute Gasteiger partial charge is 0.496 e. The first-order valence-electron chi connectivity index (χ1n) is 7.57. The van der Waals surface area contributed by atoms with Crippen LogP contribution in [0.2, 0.25) is 0 Å². The fourth-order valence-corrected chi connectivity index (χ4v) is 3.49. The number of hydrogen-bond acceptors (Lipinski definition) is 4. The normalized spacial score (nSPS) is 12.5. The second-order valence-corrected chi connectivity index (χ2v) is 7.30. The number of anilines is 1. The Bertz CT molecular complexity index is 932. The molecule has 0 unspecified atom stereocenters. The van der Waals surface area contributed by atoms with Crippen molar-refractivity contribution in [3.8, 4) is 5.75 Å². The van der Waals surface area contributed by atoms with Gasteiger partial charge in [0.15, 0.2) is 0 Å². The molecular weight excluding hydrogens is 366 g/mol. The van der Waals surface area contributed by atoms with E-state index >= 15 is 0 Å². The monoisotopic (exact) mass is 384 g/mol. The summed E-state index contributed by atoms with van der Waals surface area (Å²) in [4.78, 5) is 12.1. The van der Waals surface area contributed by atoms with Gasteiger partial charge >= 0.3 is 0 Å². The zero-order valence-corrected chi connectivity index (χ0v) is 15.2. The highest BCUT2D eigenvalue weighted by atomic mass is 32.2. The Hall–Kier alpha value is -2.52. The molecular formula is C17H18F2N2O4S. The second kappa shape index (κ2) is 7.79. The molecule has 2 rings (SSSR count). The topological polar surface area (TPSA) is 84.5 Å². The minimum atomic E-state index is -4.00. The van der Waals surface area contributed by atoms with Gasteiger partial charge in [0.25, 0.3) is 0 Å².